The molecule has 20 heavy (non-hydrogen) atoms. The number of rotatable bonds is 2. The molecule has 0 saturated carbocycles. The van der Waals surface area contributed by atoms with E-state index < -0.39 is 17.7 Å². The number of hydrogen-bond donors (Lipinski definition) is 1. The first-order chi connectivity index (χ1) is 9.56. The average Bonchev–Trinajstić information content (AvgIpc) is 2.86. The van der Waals surface area contributed by atoms with E-state index in [2.05, 4.69) is 6.07 Å². The molecule has 2 N–H and O–H groups in total. The van der Waals surface area contributed by atoms with Crippen LogP contribution in [0.2, 0.25) is 5.02 Å². The summed E-state index contributed by atoms with van der Waals surface area (Å²) in [5.41, 5.74) is 7.96. The Balaban J connectivity index is 1.98. The summed E-state index contributed by atoms with van der Waals surface area (Å²) in [7, 11) is 0. The van der Waals surface area contributed by atoms with Crippen LogP contribution in [0.1, 0.15) is 39.8 Å². The van der Waals surface area contributed by atoms with Gasteiger partial charge in [-0.05, 0) is 55.0 Å². The third-order valence-electron chi connectivity index (χ3n) is 3.70. The monoisotopic (exact) mass is 313 g/mol. The standard InChI is InChI=1S/C15H14ClF2NS/c16-10-7-12(18)11(17)6-9(10)15(19)14-5-8-3-1-2-4-13(8)20-14/h5-7,15H,1-4,19H2. The predicted octanol–water partition coefficient (Wildman–Crippen LogP) is 4.61. The third-order valence-corrected chi connectivity index (χ3v) is 5.34. The SMILES string of the molecule is NC(c1cc2c(s1)CCCC2)c1cc(F)c(F)cc1Cl. The van der Waals surface area contributed by atoms with Crippen LogP contribution >= 0.6 is 22.9 Å². The maximum atomic E-state index is 13.4. The van der Waals surface area contributed by atoms with Crippen molar-refractivity contribution in [2.24, 2.45) is 5.73 Å². The Morgan fingerprint density at radius 1 is 1.10 bits per heavy atom. The minimum absolute atomic E-state index is 0.169. The number of benzene rings is 1. The molecular formula is C15H14ClF2NS. The summed E-state index contributed by atoms with van der Waals surface area (Å²) in [6.07, 6.45) is 4.56. The molecule has 0 radical (unpaired) electrons. The molecule has 0 aliphatic heterocycles. The topological polar surface area (TPSA) is 26.0 Å². The highest BCUT2D eigenvalue weighted by Gasteiger charge is 2.21. The molecule has 0 fully saturated rings. The van der Waals surface area contributed by atoms with Crippen molar-refractivity contribution < 1.29 is 8.78 Å². The van der Waals surface area contributed by atoms with Crippen LogP contribution < -0.4 is 5.73 Å². The van der Waals surface area contributed by atoms with Gasteiger partial charge in [0.15, 0.2) is 11.6 Å². The molecule has 1 unspecified atom stereocenters. The maximum Gasteiger partial charge on any atom is 0.160 e. The van der Waals surface area contributed by atoms with Crippen LogP contribution in [0, 0.1) is 11.6 Å². The summed E-state index contributed by atoms with van der Waals surface area (Å²) in [6.45, 7) is 0. The largest absolute Gasteiger partial charge is 0.320 e. The molecule has 1 nitrogen and oxygen atoms in total. The van der Waals surface area contributed by atoms with Gasteiger partial charge in [-0.3, -0.25) is 0 Å². The Kier molecular flexibility index (Phi) is 3.80. The molecule has 1 aromatic carbocycles. The maximum absolute atomic E-state index is 13.4. The molecule has 0 saturated heterocycles. The lowest BCUT2D eigenvalue weighted by Gasteiger charge is -2.12. The predicted molar refractivity (Wildman–Crippen MR) is 78.4 cm³/mol. The lowest BCUT2D eigenvalue weighted by Crippen LogP contribution is -2.11. The number of halogens is 3. The summed E-state index contributed by atoms with van der Waals surface area (Å²) in [5, 5.41) is 0.169. The molecule has 0 bridgehead atoms. The molecule has 2 aromatic rings. The first-order valence-corrected chi connectivity index (χ1v) is 7.77. The van der Waals surface area contributed by atoms with Gasteiger partial charge in [-0.1, -0.05) is 11.6 Å². The first kappa shape index (κ1) is 14.0. The third kappa shape index (κ3) is 2.48. The highest BCUT2D eigenvalue weighted by molar-refractivity contribution is 7.12. The molecule has 0 spiro atoms. The van der Waals surface area contributed by atoms with Crippen LogP contribution in [0.15, 0.2) is 18.2 Å². The molecule has 1 aromatic heterocycles. The van der Waals surface area contributed by atoms with E-state index in [0.29, 0.717) is 5.56 Å². The molecule has 0 amide bonds. The van der Waals surface area contributed by atoms with Gasteiger partial charge in [0.05, 0.1) is 6.04 Å². The molecule has 3 rings (SSSR count). The average molecular weight is 314 g/mol. The molecule has 1 heterocycles. The van der Waals surface area contributed by atoms with E-state index in [-0.39, 0.29) is 5.02 Å². The zero-order valence-corrected chi connectivity index (χ0v) is 12.3. The van der Waals surface area contributed by atoms with Crippen LogP contribution in [0.25, 0.3) is 0 Å². The highest BCUT2D eigenvalue weighted by atomic mass is 35.5. The van der Waals surface area contributed by atoms with Gasteiger partial charge < -0.3 is 5.73 Å². The van der Waals surface area contributed by atoms with Gasteiger partial charge >= 0.3 is 0 Å². The minimum Gasteiger partial charge on any atom is -0.320 e. The fourth-order valence-electron chi connectivity index (χ4n) is 2.60. The van der Waals surface area contributed by atoms with E-state index in [9.17, 15) is 8.78 Å². The van der Waals surface area contributed by atoms with Crippen LogP contribution in [-0.4, -0.2) is 0 Å². The summed E-state index contributed by atoms with van der Waals surface area (Å²) in [4.78, 5) is 2.32. The van der Waals surface area contributed by atoms with Crippen LogP contribution in [-0.2, 0) is 12.8 Å². The number of thiophene rings is 1. The van der Waals surface area contributed by atoms with Gasteiger partial charge in [-0.15, -0.1) is 11.3 Å². The van der Waals surface area contributed by atoms with E-state index in [4.69, 9.17) is 17.3 Å². The van der Waals surface area contributed by atoms with E-state index in [1.165, 1.54) is 23.3 Å². The van der Waals surface area contributed by atoms with Crippen molar-refractivity contribution in [2.75, 3.05) is 0 Å². The number of hydrogen-bond acceptors (Lipinski definition) is 2. The fourth-order valence-corrected chi connectivity index (χ4v) is 4.14. The van der Waals surface area contributed by atoms with Gasteiger partial charge in [0, 0.05) is 14.8 Å². The van der Waals surface area contributed by atoms with Gasteiger partial charge in [0.25, 0.3) is 0 Å². The summed E-state index contributed by atoms with van der Waals surface area (Å²) >= 11 is 7.65. The van der Waals surface area contributed by atoms with Crippen LogP contribution in [0.5, 0.6) is 0 Å². The van der Waals surface area contributed by atoms with Crippen molar-refractivity contribution in [3.63, 3.8) is 0 Å². The van der Waals surface area contributed by atoms with Crippen LogP contribution in [0.3, 0.4) is 0 Å². The molecule has 1 aliphatic rings. The van der Waals surface area contributed by atoms with Crippen molar-refractivity contribution in [3.8, 4) is 0 Å². The molecule has 5 heteroatoms. The summed E-state index contributed by atoms with van der Waals surface area (Å²) in [5.74, 6) is -1.86. The Labute approximate surface area is 125 Å². The first-order valence-electron chi connectivity index (χ1n) is 6.58. The Morgan fingerprint density at radius 2 is 1.80 bits per heavy atom. The van der Waals surface area contributed by atoms with E-state index >= 15 is 0 Å². The van der Waals surface area contributed by atoms with Gasteiger partial charge in [-0.2, -0.15) is 0 Å². The zero-order valence-electron chi connectivity index (χ0n) is 10.8. The van der Waals surface area contributed by atoms with E-state index in [1.807, 2.05) is 0 Å². The Bertz CT molecular complexity index is 630. The Hall–Kier alpha value is -0.970. The van der Waals surface area contributed by atoms with E-state index in [0.717, 1.165) is 29.9 Å². The number of fused-ring (bicyclic) bond motifs is 1. The summed E-state index contributed by atoms with van der Waals surface area (Å²) in [6, 6.07) is 3.66. The lowest BCUT2D eigenvalue weighted by molar-refractivity contribution is 0.506. The lowest BCUT2D eigenvalue weighted by atomic mass is 9.98. The van der Waals surface area contributed by atoms with Crippen molar-refractivity contribution in [3.05, 3.63) is 55.7 Å². The van der Waals surface area contributed by atoms with Crippen molar-refractivity contribution in [1.82, 2.24) is 0 Å². The number of aryl methyl sites for hydroxylation is 2. The summed E-state index contributed by atoms with van der Waals surface area (Å²) < 4.78 is 26.5. The van der Waals surface area contributed by atoms with Crippen LogP contribution in [0.4, 0.5) is 8.78 Å². The molecule has 1 aliphatic carbocycles. The minimum atomic E-state index is -0.948. The Morgan fingerprint density at radius 3 is 2.55 bits per heavy atom. The number of nitrogens with two attached hydrogens (primary N) is 1. The quantitative estimate of drug-likeness (QED) is 0.805. The smallest absolute Gasteiger partial charge is 0.160 e. The van der Waals surface area contributed by atoms with Gasteiger partial charge in [-0.25, -0.2) is 8.78 Å². The van der Waals surface area contributed by atoms with Gasteiger partial charge in [0.1, 0.15) is 0 Å². The van der Waals surface area contributed by atoms with Crippen molar-refractivity contribution >= 4 is 22.9 Å². The van der Waals surface area contributed by atoms with Crippen molar-refractivity contribution in [2.45, 2.75) is 31.7 Å². The van der Waals surface area contributed by atoms with Gasteiger partial charge in [0.2, 0.25) is 0 Å². The second-order valence-corrected chi connectivity index (χ2v) is 6.65. The normalized spacial score (nSPS) is 16.0. The molecule has 1 atom stereocenters. The second-order valence-electron chi connectivity index (χ2n) is 5.07. The molecular weight excluding hydrogens is 300 g/mol. The second kappa shape index (κ2) is 5.43. The fraction of sp³-hybridized carbons (Fsp3) is 0.333. The van der Waals surface area contributed by atoms with E-state index in [1.54, 1.807) is 11.3 Å². The van der Waals surface area contributed by atoms with Crippen molar-refractivity contribution in [1.29, 1.82) is 0 Å². The highest BCUT2D eigenvalue weighted by Crippen LogP contribution is 2.36. The molecule has 106 valence electrons. The zero-order chi connectivity index (χ0) is 14.3.